The van der Waals surface area contributed by atoms with Gasteiger partial charge in [-0.1, -0.05) is 25.9 Å². The Morgan fingerprint density at radius 2 is 2.14 bits per heavy atom. The van der Waals surface area contributed by atoms with Gasteiger partial charge in [0.05, 0.1) is 17.2 Å². The van der Waals surface area contributed by atoms with Crippen LogP contribution in [0.5, 0.6) is 0 Å². The fourth-order valence-electron chi connectivity index (χ4n) is 1.92. The first-order valence-corrected chi connectivity index (χ1v) is 8.38. The van der Waals surface area contributed by atoms with Gasteiger partial charge in [-0.05, 0) is 19.8 Å². The third-order valence-corrected chi connectivity index (χ3v) is 4.61. The Bertz CT molecular complexity index is 610. The minimum Gasteiger partial charge on any atom is -0.444 e. The van der Waals surface area contributed by atoms with E-state index in [-0.39, 0.29) is 10.7 Å². The van der Waals surface area contributed by atoms with Crippen LogP contribution < -0.4 is 0 Å². The van der Waals surface area contributed by atoms with Gasteiger partial charge in [-0.2, -0.15) is 4.98 Å². The summed E-state index contributed by atoms with van der Waals surface area (Å²) in [6.45, 7) is 8.44. The van der Waals surface area contributed by atoms with Gasteiger partial charge in [0, 0.05) is 11.3 Å². The molecule has 0 radical (unpaired) electrons. The maximum Gasteiger partial charge on any atom is 0.236 e. The summed E-state index contributed by atoms with van der Waals surface area (Å²) < 4.78 is 11.1. The highest BCUT2D eigenvalue weighted by molar-refractivity contribution is 7.98. The summed E-state index contributed by atoms with van der Waals surface area (Å²) in [5, 5.41) is 4.19. The van der Waals surface area contributed by atoms with Gasteiger partial charge in [0.1, 0.15) is 5.76 Å². The average Bonchev–Trinajstić information content (AvgIpc) is 2.97. The molecule has 5 nitrogen and oxygen atoms in total. The molecule has 1 fully saturated rings. The largest absolute Gasteiger partial charge is 0.444 e. The van der Waals surface area contributed by atoms with E-state index in [0.29, 0.717) is 17.6 Å². The van der Waals surface area contributed by atoms with Crippen molar-refractivity contribution in [1.82, 2.24) is 15.1 Å². The Hall–Kier alpha value is -1.30. The topological polar surface area (TPSA) is 65.0 Å². The molecule has 1 atom stereocenters. The molecule has 3 rings (SSSR count). The van der Waals surface area contributed by atoms with Crippen molar-refractivity contribution in [3.63, 3.8) is 0 Å². The molecule has 1 aliphatic carbocycles. The van der Waals surface area contributed by atoms with Crippen molar-refractivity contribution in [2.45, 2.75) is 62.9 Å². The summed E-state index contributed by atoms with van der Waals surface area (Å²) in [6, 6.07) is 0. The van der Waals surface area contributed by atoms with E-state index in [9.17, 15) is 0 Å². The van der Waals surface area contributed by atoms with Crippen molar-refractivity contribution in [1.29, 1.82) is 0 Å². The lowest BCUT2D eigenvalue weighted by atomic mass is 9.94. The highest BCUT2D eigenvalue weighted by Gasteiger charge is 2.29. The second-order valence-corrected chi connectivity index (χ2v) is 7.92. The van der Waals surface area contributed by atoms with E-state index in [1.807, 2.05) is 6.20 Å². The highest BCUT2D eigenvalue weighted by Crippen LogP contribution is 2.39. The molecular formula is C15H21N3O2S. The summed E-state index contributed by atoms with van der Waals surface area (Å²) >= 11 is 1.70. The Morgan fingerprint density at radius 1 is 1.38 bits per heavy atom. The van der Waals surface area contributed by atoms with Crippen LogP contribution in [0, 0.1) is 0 Å². The Morgan fingerprint density at radius 3 is 2.76 bits per heavy atom. The lowest BCUT2D eigenvalue weighted by molar-refractivity contribution is 0.381. The van der Waals surface area contributed by atoms with E-state index in [1.54, 1.807) is 11.8 Å². The van der Waals surface area contributed by atoms with E-state index in [4.69, 9.17) is 8.94 Å². The van der Waals surface area contributed by atoms with Crippen molar-refractivity contribution in [3.8, 4) is 0 Å². The van der Waals surface area contributed by atoms with Gasteiger partial charge < -0.3 is 8.94 Å². The number of oxazole rings is 1. The number of thioether (sulfide) groups is 1. The number of rotatable bonds is 5. The third-order valence-electron chi connectivity index (χ3n) is 3.49. The molecule has 0 unspecified atom stereocenters. The predicted molar refractivity (Wildman–Crippen MR) is 81.2 cm³/mol. The molecule has 2 aromatic rings. The maximum atomic E-state index is 5.85. The first-order chi connectivity index (χ1) is 9.93. The maximum absolute atomic E-state index is 5.85. The van der Waals surface area contributed by atoms with Crippen LogP contribution in [-0.2, 0) is 11.2 Å². The first-order valence-electron chi connectivity index (χ1n) is 7.34. The van der Waals surface area contributed by atoms with Crippen molar-refractivity contribution < 1.29 is 8.94 Å². The summed E-state index contributed by atoms with van der Waals surface area (Å²) in [4.78, 5) is 8.82. The summed E-state index contributed by atoms with van der Waals surface area (Å²) in [5.41, 5.74) is -0.0126. The molecule has 0 bridgehead atoms. The molecular weight excluding hydrogens is 286 g/mol. The molecule has 0 spiro atoms. The molecule has 2 aromatic heterocycles. The van der Waals surface area contributed by atoms with Crippen LogP contribution in [0.25, 0.3) is 0 Å². The third kappa shape index (κ3) is 3.48. The first kappa shape index (κ1) is 14.6. The lowest BCUT2D eigenvalue weighted by Gasteiger charge is -2.13. The molecule has 1 saturated carbocycles. The van der Waals surface area contributed by atoms with Crippen LogP contribution in [0.4, 0.5) is 0 Å². The van der Waals surface area contributed by atoms with E-state index in [0.717, 1.165) is 17.5 Å². The van der Waals surface area contributed by atoms with Gasteiger partial charge in [-0.3, -0.25) is 0 Å². The van der Waals surface area contributed by atoms with Crippen molar-refractivity contribution in [2.75, 3.05) is 0 Å². The van der Waals surface area contributed by atoms with Gasteiger partial charge in [-0.15, -0.1) is 11.8 Å². The van der Waals surface area contributed by atoms with E-state index >= 15 is 0 Å². The summed E-state index contributed by atoms with van der Waals surface area (Å²) in [7, 11) is 0. The molecule has 0 amide bonds. The van der Waals surface area contributed by atoms with Crippen LogP contribution in [0.15, 0.2) is 15.1 Å². The smallest absolute Gasteiger partial charge is 0.236 e. The average molecular weight is 307 g/mol. The SMILES string of the molecule is C[C@H](SCc1nc(C2CC2)no1)c1ncc(C(C)(C)C)o1. The number of aromatic nitrogens is 3. The predicted octanol–water partition coefficient (Wildman–Crippen LogP) is 4.23. The molecule has 2 heterocycles. The van der Waals surface area contributed by atoms with E-state index < -0.39 is 0 Å². The zero-order valence-corrected chi connectivity index (χ0v) is 13.7. The Kier molecular flexibility index (Phi) is 3.82. The zero-order valence-electron chi connectivity index (χ0n) is 12.9. The molecule has 0 N–H and O–H groups in total. The zero-order chi connectivity index (χ0) is 15.0. The van der Waals surface area contributed by atoms with Gasteiger partial charge in [0.25, 0.3) is 0 Å². The second kappa shape index (κ2) is 5.48. The van der Waals surface area contributed by atoms with Crippen molar-refractivity contribution in [3.05, 3.63) is 29.6 Å². The molecule has 0 aromatic carbocycles. The minimum atomic E-state index is -0.0126. The lowest BCUT2D eigenvalue weighted by Crippen LogP contribution is -2.09. The molecule has 114 valence electrons. The van der Waals surface area contributed by atoms with Crippen molar-refractivity contribution >= 4 is 11.8 Å². The van der Waals surface area contributed by atoms with Crippen LogP contribution in [0.2, 0.25) is 0 Å². The van der Waals surface area contributed by atoms with Gasteiger partial charge >= 0.3 is 0 Å². The monoisotopic (exact) mass is 307 g/mol. The fraction of sp³-hybridized carbons (Fsp3) is 0.667. The Balaban J connectivity index is 1.57. The molecule has 0 aliphatic heterocycles. The number of hydrogen-bond acceptors (Lipinski definition) is 6. The van der Waals surface area contributed by atoms with Crippen LogP contribution >= 0.6 is 11.8 Å². The second-order valence-electron chi connectivity index (χ2n) is 6.59. The fourth-order valence-corrected chi connectivity index (χ4v) is 2.69. The van der Waals surface area contributed by atoms with Crippen LogP contribution in [0.1, 0.15) is 75.1 Å². The van der Waals surface area contributed by atoms with Crippen LogP contribution in [-0.4, -0.2) is 15.1 Å². The standard InChI is InChI=1S/C15H21N3O2S/c1-9(14-16-7-11(19-14)15(2,3)4)21-8-12-17-13(18-20-12)10-5-6-10/h7,9-10H,5-6,8H2,1-4H3/t9-/m0/s1. The number of nitrogens with zero attached hydrogens (tertiary/aromatic N) is 3. The normalized spacial score (nSPS) is 17.1. The highest BCUT2D eigenvalue weighted by atomic mass is 32.2. The van der Waals surface area contributed by atoms with Gasteiger partial charge in [0.2, 0.25) is 11.8 Å². The molecule has 21 heavy (non-hydrogen) atoms. The van der Waals surface area contributed by atoms with E-state index in [1.165, 1.54) is 12.8 Å². The van der Waals surface area contributed by atoms with Crippen molar-refractivity contribution in [2.24, 2.45) is 0 Å². The molecule has 0 saturated heterocycles. The van der Waals surface area contributed by atoms with E-state index in [2.05, 4.69) is 42.8 Å². The number of hydrogen-bond donors (Lipinski definition) is 0. The minimum absolute atomic E-state index is 0.0126. The summed E-state index contributed by atoms with van der Waals surface area (Å²) in [6.07, 6.45) is 4.20. The van der Waals surface area contributed by atoms with Gasteiger partial charge in [-0.25, -0.2) is 4.98 Å². The van der Waals surface area contributed by atoms with Crippen LogP contribution in [0.3, 0.4) is 0 Å². The summed E-state index contributed by atoms with van der Waals surface area (Å²) in [5.74, 6) is 4.45. The Labute approximate surface area is 128 Å². The molecule has 6 heteroatoms. The quantitative estimate of drug-likeness (QED) is 0.823. The molecule has 1 aliphatic rings. The van der Waals surface area contributed by atoms with Gasteiger partial charge in [0.15, 0.2) is 5.82 Å².